The SMILES string of the molecule is Cc1nc(COc2ccccc2C(=O)N2CCN(c3ccc([N+](=O)[O-])cc3)CC2)no1. The Kier molecular flexibility index (Phi) is 5.78. The second kappa shape index (κ2) is 8.82. The van der Waals surface area contributed by atoms with Gasteiger partial charge in [0.2, 0.25) is 11.7 Å². The average molecular weight is 423 g/mol. The van der Waals surface area contributed by atoms with Crippen molar-refractivity contribution >= 4 is 17.3 Å². The molecule has 10 nitrogen and oxygen atoms in total. The summed E-state index contributed by atoms with van der Waals surface area (Å²) in [6, 6.07) is 13.5. The molecule has 0 atom stereocenters. The number of amides is 1. The Balaban J connectivity index is 1.39. The number of hydrogen-bond donors (Lipinski definition) is 0. The highest BCUT2D eigenvalue weighted by molar-refractivity contribution is 5.97. The van der Waals surface area contributed by atoms with Gasteiger partial charge >= 0.3 is 0 Å². The number of nitro benzene ring substituents is 1. The van der Waals surface area contributed by atoms with Gasteiger partial charge in [-0.25, -0.2) is 0 Å². The first kappa shape index (κ1) is 20.3. The Morgan fingerprint density at radius 2 is 1.84 bits per heavy atom. The van der Waals surface area contributed by atoms with Crippen LogP contribution >= 0.6 is 0 Å². The first-order chi connectivity index (χ1) is 15.0. The number of ether oxygens (including phenoxy) is 1. The fourth-order valence-electron chi connectivity index (χ4n) is 3.43. The van der Waals surface area contributed by atoms with Gasteiger partial charge in [-0.2, -0.15) is 4.98 Å². The van der Waals surface area contributed by atoms with Crippen molar-refractivity contribution in [2.45, 2.75) is 13.5 Å². The molecule has 0 radical (unpaired) electrons. The van der Waals surface area contributed by atoms with E-state index in [1.165, 1.54) is 12.1 Å². The van der Waals surface area contributed by atoms with Crippen molar-refractivity contribution in [3.05, 3.63) is 75.9 Å². The number of non-ortho nitro benzene ring substituents is 1. The summed E-state index contributed by atoms with van der Waals surface area (Å²) in [5, 5.41) is 14.6. The minimum Gasteiger partial charge on any atom is -0.485 e. The van der Waals surface area contributed by atoms with E-state index in [1.807, 2.05) is 0 Å². The molecule has 0 spiro atoms. The summed E-state index contributed by atoms with van der Waals surface area (Å²) in [7, 11) is 0. The highest BCUT2D eigenvalue weighted by Crippen LogP contribution is 2.24. The van der Waals surface area contributed by atoms with Gasteiger partial charge in [-0.3, -0.25) is 14.9 Å². The van der Waals surface area contributed by atoms with E-state index in [0.717, 1.165) is 5.69 Å². The third-order valence-electron chi connectivity index (χ3n) is 5.04. The van der Waals surface area contributed by atoms with E-state index >= 15 is 0 Å². The molecule has 10 heteroatoms. The molecule has 1 saturated heterocycles. The summed E-state index contributed by atoms with van der Waals surface area (Å²) < 4.78 is 10.7. The van der Waals surface area contributed by atoms with Crippen molar-refractivity contribution in [2.24, 2.45) is 0 Å². The van der Waals surface area contributed by atoms with Gasteiger partial charge in [0.25, 0.3) is 11.6 Å². The molecule has 0 N–H and O–H groups in total. The van der Waals surface area contributed by atoms with Gasteiger partial charge in [-0.15, -0.1) is 0 Å². The smallest absolute Gasteiger partial charge is 0.269 e. The molecule has 1 aromatic heterocycles. The lowest BCUT2D eigenvalue weighted by Crippen LogP contribution is -2.48. The summed E-state index contributed by atoms with van der Waals surface area (Å²) in [6.45, 7) is 4.14. The molecule has 0 bridgehead atoms. The second-order valence-electron chi connectivity index (χ2n) is 7.07. The van der Waals surface area contributed by atoms with Crippen LogP contribution in [0.5, 0.6) is 5.75 Å². The molecule has 4 rings (SSSR count). The predicted octanol–water partition coefficient (Wildman–Crippen LogP) is 2.83. The zero-order chi connectivity index (χ0) is 21.8. The minimum atomic E-state index is -0.417. The van der Waals surface area contributed by atoms with Crippen LogP contribution < -0.4 is 9.64 Å². The first-order valence-corrected chi connectivity index (χ1v) is 9.81. The van der Waals surface area contributed by atoms with Crippen LogP contribution in [-0.2, 0) is 6.61 Å². The van der Waals surface area contributed by atoms with E-state index in [1.54, 1.807) is 48.2 Å². The van der Waals surface area contributed by atoms with E-state index in [2.05, 4.69) is 15.0 Å². The monoisotopic (exact) mass is 423 g/mol. The average Bonchev–Trinajstić information content (AvgIpc) is 3.22. The Bertz CT molecular complexity index is 1070. The largest absolute Gasteiger partial charge is 0.485 e. The molecule has 0 aliphatic carbocycles. The molecule has 1 fully saturated rings. The Labute approximate surface area is 178 Å². The summed E-state index contributed by atoms with van der Waals surface area (Å²) >= 11 is 0. The van der Waals surface area contributed by atoms with Crippen molar-refractivity contribution in [1.29, 1.82) is 0 Å². The summed E-state index contributed by atoms with van der Waals surface area (Å²) in [6.07, 6.45) is 0. The van der Waals surface area contributed by atoms with Gasteiger partial charge in [0.1, 0.15) is 5.75 Å². The fraction of sp³-hybridized carbons (Fsp3) is 0.286. The molecule has 2 aromatic carbocycles. The molecule has 160 valence electrons. The lowest BCUT2D eigenvalue weighted by atomic mass is 10.1. The van der Waals surface area contributed by atoms with Crippen molar-refractivity contribution in [3.8, 4) is 5.75 Å². The molecule has 2 heterocycles. The van der Waals surface area contributed by atoms with Gasteiger partial charge < -0.3 is 19.1 Å². The van der Waals surface area contributed by atoms with Crippen LogP contribution in [0, 0.1) is 17.0 Å². The number of piperazine rings is 1. The van der Waals surface area contributed by atoms with Crippen LogP contribution in [0.25, 0.3) is 0 Å². The number of aromatic nitrogens is 2. The van der Waals surface area contributed by atoms with Crippen molar-refractivity contribution in [1.82, 2.24) is 15.0 Å². The summed E-state index contributed by atoms with van der Waals surface area (Å²) in [5.41, 5.74) is 1.44. The van der Waals surface area contributed by atoms with Crippen LogP contribution in [0.15, 0.2) is 53.1 Å². The zero-order valence-corrected chi connectivity index (χ0v) is 16.9. The van der Waals surface area contributed by atoms with Crippen molar-refractivity contribution < 1.29 is 19.0 Å². The van der Waals surface area contributed by atoms with Gasteiger partial charge in [-0.1, -0.05) is 17.3 Å². The Morgan fingerprint density at radius 3 is 2.48 bits per heavy atom. The van der Waals surface area contributed by atoms with E-state index in [-0.39, 0.29) is 18.2 Å². The highest BCUT2D eigenvalue weighted by Gasteiger charge is 2.25. The Hall–Kier alpha value is -3.95. The highest BCUT2D eigenvalue weighted by atomic mass is 16.6. The fourth-order valence-corrected chi connectivity index (χ4v) is 3.43. The summed E-state index contributed by atoms with van der Waals surface area (Å²) in [4.78, 5) is 31.5. The molecule has 31 heavy (non-hydrogen) atoms. The molecule has 3 aromatic rings. The lowest BCUT2D eigenvalue weighted by Gasteiger charge is -2.36. The number of anilines is 1. The molecular weight excluding hydrogens is 402 g/mol. The second-order valence-corrected chi connectivity index (χ2v) is 7.07. The maximum Gasteiger partial charge on any atom is 0.269 e. The number of benzene rings is 2. The lowest BCUT2D eigenvalue weighted by molar-refractivity contribution is -0.384. The van der Waals surface area contributed by atoms with Crippen LogP contribution in [0.3, 0.4) is 0 Å². The molecule has 1 aliphatic heterocycles. The zero-order valence-electron chi connectivity index (χ0n) is 16.9. The first-order valence-electron chi connectivity index (χ1n) is 9.81. The van der Waals surface area contributed by atoms with Crippen molar-refractivity contribution in [2.75, 3.05) is 31.1 Å². The number of rotatable bonds is 6. The van der Waals surface area contributed by atoms with Crippen LogP contribution in [0.2, 0.25) is 0 Å². The molecule has 0 saturated carbocycles. The molecular formula is C21H21N5O5. The van der Waals surface area contributed by atoms with Gasteiger partial charge in [0.15, 0.2) is 6.61 Å². The number of hydrogen-bond acceptors (Lipinski definition) is 8. The third kappa shape index (κ3) is 4.63. The topological polar surface area (TPSA) is 115 Å². The quantitative estimate of drug-likeness (QED) is 0.439. The van der Waals surface area contributed by atoms with E-state index in [0.29, 0.717) is 49.2 Å². The minimum absolute atomic E-state index is 0.0603. The number of para-hydroxylation sites is 1. The number of nitro groups is 1. The van der Waals surface area contributed by atoms with Gasteiger partial charge in [-0.05, 0) is 24.3 Å². The predicted molar refractivity (Wildman–Crippen MR) is 111 cm³/mol. The number of aryl methyl sites for hydroxylation is 1. The van der Waals surface area contributed by atoms with Gasteiger partial charge in [0, 0.05) is 50.9 Å². The van der Waals surface area contributed by atoms with Crippen LogP contribution in [0.4, 0.5) is 11.4 Å². The Morgan fingerprint density at radius 1 is 1.13 bits per heavy atom. The van der Waals surface area contributed by atoms with E-state index < -0.39 is 4.92 Å². The summed E-state index contributed by atoms with van der Waals surface area (Å²) in [5.74, 6) is 1.22. The van der Waals surface area contributed by atoms with E-state index in [9.17, 15) is 14.9 Å². The van der Waals surface area contributed by atoms with Crippen molar-refractivity contribution in [3.63, 3.8) is 0 Å². The maximum absolute atomic E-state index is 13.1. The normalized spacial score (nSPS) is 13.8. The van der Waals surface area contributed by atoms with Crippen LogP contribution in [0.1, 0.15) is 22.1 Å². The maximum atomic E-state index is 13.1. The number of carbonyl (C=O) groups excluding carboxylic acids is 1. The number of nitrogens with zero attached hydrogens (tertiary/aromatic N) is 5. The van der Waals surface area contributed by atoms with E-state index in [4.69, 9.17) is 9.26 Å². The molecule has 1 aliphatic rings. The number of carbonyl (C=O) groups is 1. The van der Waals surface area contributed by atoms with Gasteiger partial charge in [0.05, 0.1) is 10.5 Å². The standard InChI is InChI=1S/C21H21N5O5/c1-15-22-20(23-31-15)14-30-19-5-3-2-4-18(19)21(27)25-12-10-24(11-13-25)16-6-8-17(9-7-16)26(28)29/h2-9H,10-14H2,1H3. The molecule has 1 amide bonds. The molecule has 0 unspecified atom stereocenters. The third-order valence-corrected chi connectivity index (χ3v) is 5.04. The van der Waals surface area contributed by atoms with Crippen LogP contribution in [-0.4, -0.2) is 52.1 Å².